The number of anilines is 1. The number of likely N-dealkylation sites (N-methyl/N-ethyl adjacent to an activating group) is 1. The van der Waals surface area contributed by atoms with Crippen LogP contribution < -0.4 is 5.32 Å². The number of benzene rings is 1. The van der Waals surface area contributed by atoms with Gasteiger partial charge in [-0.2, -0.15) is 0 Å². The molecule has 1 atom stereocenters. The van der Waals surface area contributed by atoms with Crippen LogP contribution in [-0.4, -0.2) is 55.2 Å². The standard InChI is InChI=1S/C18H22BrFN4O3S/c1-3-28(25,26)18-22-16-13(11-8-27-9-12(11)14(19)15(16)20)17(23-18)21-7-10-5-4-6-24(10)2/h10H,3-9H2,1-2H3,(H,21,22,23)/t10-/m0/s1. The number of nitrogens with zero attached hydrogens (tertiary/aromatic N) is 3. The highest BCUT2D eigenvalue weighted by molar-refractivity contribution is 9.10. The second kappa shape index (κ2) is 7.47. The molecule has 0 unspecified atom stereocenters. The fourth-order valence-electron chi connectivity index (χ4n) is 3.82. The van der Waals surface area contributed by atoms with E-state index in [1.165, 1.54) is 6.92 Å². The van der Waals surface area contributed by atoms with Crippen LogP contribution in [0.2, 0.25) is 0 Å². The largest absolute Gasteiger partial charge is 0.372 e. The second-order valence-electron chi connectivity index (χ2n) is 7.22. The molecule has 152 valence electrons. The molecule has 2 aliphatic heterocycles. The van der Waals surface area contributed by atoms with Crippen molar-refractivity contribution in [1.82, 2.24) is 14.9 Å². The summed E-state index contributed by atoms with van der Waals surface area (Å²) in [6.07, 6.45) is 2.17. The minimum atomic E-state index is -3.69. The van der Waals surface area contributed by atoms with Crippen LogP contribution in [0.25, 0.3) is 10.9 Å². The first-order chi connectivity index (χ1) is 13.3. The lowest BCUT2D eigenvalue weighted by molar-refractivity contribution is 0.134. The zero-order chi connectivity index (χ0) is 20.1. The molecule has 0 saturated carbocycles. The molecule has 7 nitrogen and oxygen atoms in total. The van der Waals surface area contributed by atoms with Gasteiger partial charge < -0.3 is 15.0 Å². The lowest BCUT2D eigenvalue weighted by Crippen LogP contribution is -2.32. The molecular weight excluding hydrogens is 451 g/mol. The van der Waals surface area contributed by atoms with Gasteiger partial charge in [0.25, 0.3) is 0 Å². The van der Waals surface area contributed by atoms with E-state index in [9.17, 15) is 8.42 Å². The number of halogens is 2. The van der Waals surface area contributed by atoms with E-state index < -0.39 is 15.7 Å². The van der Waals surface area contributed by atoms with E-state index in [4.69, 9.17) is 4.74 Å². The van der Waals surface area contributed by atoms with Crippen LogP contribution in [0.3, 0.4) is 0 Å². The topological polar surface area (TPSA) is 84.4 Å². The number of likely N-dealkylation sites (tertiary alicyclic amines) is 1. The average molecular weight is 473 g/mol. The van der Waals surface area contributed by atoms with Gasteiger partial charge in [0.15, 0.2) is 5.82 Å². The summed E-state index contributed by atoms with van der Waals surface area (Å²) in [6, 6.07) is 0.320. The highest BCUT2D eigenvalue weighted by Crippen LogP contribution is 2.39. The molecule has 1 saturated heterocycles. The molecule has 0 spiro atoms. The minimum absolute atomic E-state index is 0.000395. The Morgan fingerprint density at radius 1 is 1.32 bits per heavy atom. The third kappa shape index (κ3) is 3.30. The number of sulfone groups is 1. The molecule has 1 aromatic carbocycles. The van der Waals surface area contributed by atoms with Crippen LogP contribution in [0.1, 0.15) is 30.9 Å². The van der Waals surface area contributed by atoms with E-state index >= 15 is 4.39 Å². The summed E-state index contributed by atoms with van der Waals surface area (Å²) in [5, 5.41) is 3.43. The summed E-state index contributed by atoms with van der Waals surface area (Å²) in [4.78, 5) is 10.7. The van der Waals surface area contributed by atoms with Gasteiger partial charge in [-0.25, -0.2) is 22.8 Å². The van der Waals surface area contributed by atoms with Gasteiger partial charge in [0.2, 0.25) is 15.0 Å². The summed E-state index contributed by atoms with van der Waals surface area (Å²) < 4.78 is 45.7. The molecule has 1 fully saturated rings. The quantitative estimate of drug-likeness (QED) is 0.669. The molecule has 0 bridgehead atoms. The summed E-state index contributed by atoms with van der Waals surface area (Å²) in [5.74, 6) is -0.388. The van der Waals surface area contributed by atoms with E-state index in [2.05, 4.69) is 43.2 Å². The van der Waals surface area contributed by atoms with Crippen LogP contribution in [0.4, 0.5) is 10.2 Å². The smallest absolute Gasteiger partial charge is 0.249 e. The van der Waals surface area contributed by atoms with Crippen LogP contribution >= 0.6 is 15.9 Å². The number of rotatable bonds is 5. The Bertz CT molecular complexity index is 1050. The minimum Gasteiger partial charge on any atom is -0.372 e. The first kappa shape index (κ1) is 19.9. The Morgan fingerprint density at radius 3 is 2.75 bits per heavy atom. The van der Waals surface area contributed by atoms with E-state index in [-0.39, 0.29) is 20.9 Å². The Labute approximate surface area is 171 Å². The van der Waals surface area contributed by atoms with Crippen molar-refractivity contribution in [2.24, 2.45) is 0 Å². The van der Waals surface area contributed by atoms with Crippen LogP contribution in [0, 0.1) is 5.82 Å². The zero-order valence-electron chi connectivity index (χ0n) is 15.8. The van der Waals surface area contributed by atoms with E-state index in [0.29, 0.717) is 37.0 Å². The van der Waals surface area contributed by atoms with Crippen molar-refractivity contribution < 1.29 is 17.5 Å². The maximum Gasteiger partial charge on any atom is 0.249 e. The fraction of sp³-hybridized carbons (Fsp3) is 0.556. The monoisotopic (exact) mass is 472 g/mol. The number of ether oxygens (including phenoxy) is 1. The van der Waals surface area contributed by atoms with Gasteiger partial charge in [-0.3, -0.25) is 0 Å². The predicted molar refractivity (Wildman–Crippen MR) is 108 cm³/mol. The molecule has 3 heterocycles. The Hall–Kier alpha value is -1.36. The molecule has 1 N–H and O–H groups in total. The Morgan fingerprint density at radius 2 is 2.07 bits per heavy atom. The first-order valence-electron chi connectivity index (χ1n) is 9.28. The summed E-state index contributed by atoms with van der Waals surface area (Å²) in [7, 11) is -1.63. The average Bonchev–Trinajstić information content (AvgIpc) is 3.32. The normalized spacial score (nSPS) is 20.1. The molecule has 0 aliphatic carbocycles. The summed E-state index contributed by atoms with van der Waals surface area (Å²) >= 11 is 3.28. The molecule has 2 aromatic rings. The van der Waals surface area contributed by atoms with Gasteiger partial charge in [-0.1, -0.05) is 6.92 Å². The van der Waals surface area contributed by atoms with Crippen molar-refractivity contribution in [3.8, 4) is 0 Å². The van der Waals surface area contributed by atoms with Gasteiger partial charge in [-0.05, 0) is 47.9 Å². The lowest BCUT2D eigenvalue weighted by atomic mass is 10.0. The number of fused-ring (bicyclic) bond motifs is 3. The third-order valence-corrected chi connectivity index (χ3v) is 7.87. The molecular formula is C18H22BrFN4O3S. The maximum atomic E-state index is 15.1. The highest BCUT2D eigenvalue weighted by atomic mass is 79.9. The van der Waals surface area contributed by atoms with Crippen molar-refractivity contribution >= 4 is 42.5 Å². The van der Waals surface area contributed by atoms with Crippen LogP contribution in [-0.2, 0) is 27.8 Å². The van der Waals surface area contributed by atoms with Gasteiger partial charge in [-0.15, -0.1) is 0 Å². The Balaban J connectivity index is 1.89. The van der Waals surface area contributed by atoms with Gasteiger partial charge >= 0.3 is 0 Å². The van der Waals surface area contributed by atoms with E-state index in [1.807, 2.05) is 0 Å². The molecule has 2 aliphatic rings. The van der Waals surface area contributed by atoms with Crippen molar-refractivity contribution in [2.45, 2.75) is 44.2 Å². The van der Waals surface area contributed by atoms with Gasteiger partial charge in [0.1, 0.15) is 11.3 Å². The Kier molecular flexibility index (Phi) is 5.32. The first-order valence-corrected chi connectivity index (χ1v) is 11.7. The zero-order valence-corrected chi connectivity index (χ0v) is 18.2. The maximum absolute atomic E-state index is 15.1. The van der Waals surface area contributed by atoms with Gasteiger partial charge in [0.05, 0.1) is 28.8 Å². The number of nitrogens with one attached hydrogen (secondary N) is 1. The van der Waals surface area contributed by atoms with E-state index in [1.54, 1.807) is 0 Å². The number of aromatic nitrogens is 2. The van der Waals surface area contributed by atoms with Crippen LogP contribution in [0.5, 0.6) is 0 Å². The molecule has 4 rings (SSSR count). The number of hydrogen-bond acceptors (Lipinski definition) is 7. The molecule has 28 heavy (non-hydrogen) atoms. The lowest BCUT2D eigenvalue weighted by Gasteiger charge is -2.21. The fourth-order valence-corrected chi connectivity index (χ4v) is 5.08. The SMILES string of the molecule is CCS(=O)(=O)c1nc(NC[C@@H]2CCCN2C)c2c3c(c(Br)c(F)c2n1)COC3. The van der Waals surface area contributed by atoms with E-state index in [0.717, 1.165) is 30.5 Å². The summed E-state index contributed by atoms with van der Waals surface area (Å²) in [5.41, 5.74) is 1.52. The van der Waals surface area contributed by atoms with Gasteiger partial charge in [0, 0.05) is 18.2 Å². The molecule has 0 amide bonds. The highest BCUT2D eigenvalue weighted by Gasteiger charge is 2.29. The predicted octanol–water partition coefficient (Wildman–Crippen LogP) is 2.86. The van der Waals surface area contributed by atoms with Crippen molar-refractivity contribution in [2.75, 3.05) is 31.2 Å². The van der Waals surface area contributed by atoms with Crippen molar-refractivity contribution in [3.63, 3.8) is 0 Å². The van der Waals surface area contributed by atoms with Crippen LogP contribution in [0.15, 0.2) is 9.63 Å². The molecule has 0 radical (unpaired) electrons. The second-order valence-corrected chi connectivity index (χ2v) is 10.2. The number of hydrogen-bond donors (Lipinski definition) is 1. The summed E-state index contributed by atoms with van der Waals surface area (Å²) in [6.45, 7) is 3.75. The molecule has 1 aromatic heterocycles. The third-order valence-electron chi connectivity index (χ3n) is 5.55. The molecule has 10 heteroatoms. The van der Waals surface area contributed by atoms with Crippen molar-refractivity contribution in [3.05, 3.63) is 21.4 Å². The van der Waals surface area contributed by atoms with Crippen molar-refractivity contribution in [1.29, 1.82) is 0 Å².